The van der Waals surface area contributed by atoms with E-state index in [1.165, 1.54) is 0 Å². The molecule has 0 fully saturated rings. The maximum absolute atomic E-state index is 11.4. The molecule has 0 radical (unpaired) electrons. The van der Waals surface area contributed by atoms with Gasteiger partial charge in [0.15, 0.2) is 0 Å². The topological polar surface area (TPSA) is 85.3 Å². The zero-order valence-electron chi connectivity index (χ0n) is 11.3. The first-order chi connectivity index (χ1) is 9.97. The Balaban J connectivity index is 2.20. The third-order valence-corrected chi connectivity index (χ3v) is 4.59. The van der Waals surface area contributed by atoms with Crippen molar-refractivity contribution >= 4 is 38.7 Å². The van der Waals surface area contributed by atoms with Gasteiger partial charge in [0.1, 0.15) is 6.54 Å². The summed E-state index contributed by atoms with van der Waals surface area (Å²) in [5.74, 6) is -1.59. The molecular formula is C15H15BrN2O3. The number of nitrogens with two attached hydrogens (primary N) is 1. The van der Waals surface area contributed by atoms with Crippen LogP contribution in [0.3, 0.4) is 0 Å². The summed E-state index contributed by atoms with van der Waals surface area (Å²) in [5.41, 5.74) is 8.36. The summed E-state index contributed by atoms with van der Waals surface area (Å²) in [6, 6.07) is 5.88. The van der Waals surface area contributed by atoms with Crippen LogP contribution in [-0.2, 0) is 29.0 Å². The molecule has 0 aliphatic heterocycles. The SMILES string of the molecule is NC(=O)Cn1c2c(c3cc(Br)ccc31)CC[C@H](C(=O)O)C2. The van der Waals surface area contributed by atoms with Crippen LogP contribution in [0.2, 0.25) is 0 Å². The van der Waals surface area contributed by atoms with Gasteiger partial charge in [-0.15, -0.1) is 0 Å². The highest BCUT2D eigenvalue weighted by atomic mass is 79.9. The van der Waals surface area contributed by atoms with E-state index in [1.54, 1.807) is 0 Å². The van der Waals surface area contributed by atoms with Crippen LogP contribution in [0, 0.1) is 5.92 Å². The van der Waals surface area contributed by atoms with Crippen LogP contribution in [0.4, 0.5) is 0 Å². The average molecular weight is 351 g/mol. The fourth-order valence-electron chi connectivity index (χ4n) is 3.16. The monoisotopic (exact) mass is 350 g/mol. The molecule has 0 unspecified atom stereocenters. The number of primary amides is 1. The third-order valence-electron chi connectivity index (χ3n) is 4.09. The van der Waals surface area contributed by atoms with Gasteiger partial charge in [0.05, 0.1) is 5.92 Å². The van der Waals surface area contributed by atoms with Crippen molar-refractivity contribution in [3.8, 4) is 0 Å². The molecule has 1 heterocycles. The summed E-state index contributed by atoms with van der Waals surface area (Å²) in [7, 11) is 0. The summed E-state index contributed by atoms with van der Waals surface area (Å²) in [5, 5.41) is 10.3. The molecule has 1 amide bonds. The number of aryl methyl sites for hydroxylation is 1. The van der Waals surface area contributed by atoms with E-state index in [-0.39, 0.29) is 6.54 Å². The van der Waals surface area contributed by atoms with Crippen molar-refractivity contribution in [3.63, 3.8) is 0 Å². The Morgan fingerprint density at radius 3 is 2.86 bits per heavy atom. The standard InChI is InChI=1S/C15H15BrN2O3/c16-9-2-4-12-11(6-9)10-3-1-8(15(20)21)5-13(10)18(12)7-14(17)19/h2,4,6,8H,1,3,5,7H2,(H2,17,19)(H,20,21)/t8-/m0/s1. The summed E-state index contributed by atoms with van der Waals surface area (Å²) >= 11 is 3.46. The molecule has 21 heavy (non-hydrogen) atoms. The highest BCUT2D eigenvalue weighted by Gasteiger charge is 2.29. The summed E-state index contributed by atoms with van der Waals surface area (Å²) in [4.78, 5) is 22.6. The number of halogens is 1. The Bertz CT molecular complexity index is 751. The number of carbonyl (C=O) groups is 2. The van der Waals surface area contributed by atoms with Gasteiger partial charge in [-0.3, -0.25) is 9.59 Å². The molecule has 1 aromatic carbocycles. The Morgan fingerprint density at radius 2 is 2.19 bits per heavy atom. The number of nitrogens with zero attached hydrogens (tertiary/aromatic N) is 1. The second-order valence-corrected chi connectivity index (χ2v) is 6.33. The van der Waals surface area contributed by atoms with Crippen LogP contribution < -0.4 is 5.73 Å². The lowest BCUT2D eigenvalue weighted by molar-refractivity contribution is -0.142. The molecule has 1 aliphatic carbocycles. The van der Waals surface area contributed by atoms with Gasteiger partial charge in [0.25, 0.3) is 0 Å². The average Bonchev–Trinajstić information content (AvgIpc) is 2.71. The van der Waals surface area contributed by atoms with Crippen LogP contribution in [0.15, 0.2) is 22.7 Å². The molecule has 0 saturated carbocycles. The van der Waals surface area contributed by atoms with E-state index in [2.05, 4.69) is 15.9 Å². The number of hydrogen-bond acceptors (Lipinski definition) is 2. The lowest BCUT2D eigenvalue weighted by Gasteiger charge is -2.21. The smallest absolute Gasteiger partial charge is 0.306 e. The first-order valence-corrected chi connectivity index (χ1v) is 7.57. The Morgan fingerprint density at radius 1 is 1.43 bits per heavy atom. The number of aliphatic carboxylic acids is 1. The van der Waals surface area contributed by atoms with Crippen molar-refractivity contribution in [2.75, 3.05) is 0 Å². The molecule has 6 heteroatoms. The molecule has 0 saturated heterocycles. The van der Waals surface area contributed by atoms with Crippen LogP contribution >= 0.6 is 15.9 Å². The second-order valence-electron chi connectivity index (χ2n) is 5.42. The summed E-state index contributed by atoms with van der Waals surface area (Å²) in [6.45, 7) is 0.0831. The van der Waals surface area contributed by atoms with Gasteiger partial charge in [-0.25, -0.2) is 0 Å². The maximum atomic E-state index is 11.4. The van der Waals surface area contributed by atoms with Crippen molar-refractivity contribution in [3.05, 3.63) is 33.9 Å². The van der Waals surface area contributed by atoms with Gasteiger partial charge in [-0.1, -0.05) is 15.9 Å². The van der Waals surface area contributed by atoms with Crippen molar-refractivity contribution in [1.29, 1.82) is 0 Å². The second kappa shape index (κ2) is 5.18. The quantitative estimate of drug-likeness (QED) is 0.888. The van der Waals surface area contributed by atoms with Crippen molar-refractivity contribution in [2.45, 2.75) is 25.8 Å². The lowest BCUT2D eigenvalue weighted by Crippen LogP contribution is -2.26. The minimum Gasteiger partial charge on any atom is -0.481 e. The Hall–Kier alpha value is -1.82. The number of rotatable bonds is 3. The van der Waals surface area contributed by atoms with E-state index in [9.17, 15) is 14.7 Å². The van der Waals surface area contributed by atoms with Crippen LogP contribution in [0.5, 0.6) is 0 Å². The number of benzene rings is 1. The molecule has 0 bridgehead atoms. The molecular weight excluding hydrogens is 336 g/mol. The Labute approximate surface area is 129 Å². The molecule has 1 aromatic heterocycles. The largest absolute Gasteiger partial charge is 0.481 e. The number of carbonyl (C=O) groups excluding carboxylic acids is 1. The molecule has 0 spiro atoms. The van der Waals surface area contributed by atoms with E-state index < -0.39 is 17.8 Å². The highest BCUT2D eigenvalue weighted by molar-refractivity contribution is 9.10. The molecule has 3 N–H and O–H groups in total. The molecule has 110 valence electrons. The molecule has 1 aliphatic rings. The fourth-order valence-corrected chi connectivity index (χ4v) is 3.52. The predicted octanol–water partition coefficient (Wildman–Crippen LogP) is 2.08. The number of aromatic nitrogens is 1. The predicted molar refractivity (Wildman–Crippen MR) is 82.0 cm³/mol. The fraction of sp³-hybridized carbons (Fsp3) is 0.333. The van der Waals surface area contributed by atoms with Crippen molar-refractivity contribution in [1.82, 2.24) is 4.57 Å². The normalized spacial score (nSPS) is 17.7. The van der Waals surface area contributed by atoms with Crippen LogP contribution in [0.25, 0.3) is 10.9 Å². The first kappa shape index (κ1) is 14.1. The number of carboxylic acid groups (broad SMARTS) is 1. The van der Waals surface area contributed by atoms with E-state index in [1.807, 2.05) is 22.8 Å². The van der Waals surface area contributed by atoms with E-state index in [0.717, 1.165) is 26.6 Å². The first-order valence-electron chi connectivity index (χ1n) is 6.78. The zero-order chi connectivity index (χ0) is 15.1. The highest BCUT2D eigenvalue weighted by Crippen LogP contribution is 2.35. The van der Waals surface area contributed by atoms with Gasteiger partial charge in [0, 0.05) is 27.5 Å². The van der Waals surface area contributed by atoms with E-state index in [0.29, 0.717) is 19.3 Å². The van der Waals surface area contributed by atoms with Crippen LogP contribution in [-0.4, -0.2) is 21.6 Å². The van der Waals surface area contributed by atoms with Gasteiger partial charge in [0.2, 0.25) is 5.91 Å². The molecule has 1 atom stereocenters. The van der Waals surface area contributed by atoms with Crippen molar-refractivity contribution < 1.29 is 14.7 Å². The number of amides is 1. The molecule has 3 rings (SSSR count). The van der Waals surface area contributed by atoms with E-state index in [4.69, 9.17) is 5.73 Å². The molecule has 2 aromatic rings. The van der Waals surface area contributed by atoms with Gasteiger partial charge in [-0.05, 0) is 36.6 Å². The maximum Gasteiger partial charge on any atom is 0.306 e. The van der Waals surface area contributed by atoms with Gasteiger partial charge in [-0.2, -0.15) is 0 Å². The number of carboxylic acids is 1. The number of fused-ring (bicyclic) bond motifs is 3. The lowest BCUT2D eigenvalue weighted by atomic mass is 9.87. The minimum absolute atomic E-state index is 0.0831. The third kappa shape index (κ3) is 2.44. The molecule has 5 nitrogen and oxygen atoms in total. The Kier molecular flexibility index (Phi) is 3.49. The summed E-state index contributed by atoms with van der Waals surface area (Å²) in [6.07, 6.45) is 1.79. The van der Waals surface area contributed by atoms with Gasteiger partial charge >= 0.3 is 5.97 Å². The summed E-state index contributed by atoms with van der Waals surface area (Å²) < 4.78 is 2.84. The van der Waals surface area contributed by atoms with E-state index >= 15 is 0 Å². The van der Waals surface area contributed by atoms with Crippen LogP contribution in [0.1, 0.15) is 17.7 Å². The van der Waals surface area contributed by atoms with Gasteiger partial charge < -0.3 is 15.4 Å². The van der Waals surface area contributed by atoms with Crippen molar-refractivity contribution in [2.24, 2.45) is 11.7 Å². The minimum atomic E-state index is -0.780. The zero-order valence-corrected chi connectivity index (χ0v) is 12.9. The number of hydrogen-bond donors (Lipinski definition) is 2.